The SMILES string of the molecule is CCCCc1c(O)cccc1C(=O)O. The van der Waals surface area contributed by atoms with Crippen LogP contribution in [0.4, 0.5) is 0 Å². The number of phenolic OH excluding ortho intramolecular Hbond substituents is 1. The first-order valence-corrected chi connectivity index (χ1v) is 4.71. The second-order valence-electron chi connectivity index (χ2n) is 3.21. The summed E-state index contributed by atoms with van der Waals surface area (Å²) in [5.41, 5.74) is 0.750. The van der Waals surface area contributed by atoms with E-state index in [1.807, 2.05) is 6.92 Å². The number of carboxylic acid groups (broad SMARTS) is 1. The summed E-state index contributed by atoms with van der Waals surface area (Å²) in [6.45, 7) is 2.03. The number of rotatable bonds is 4. The molecule has 0 saturated carbocycles. The third kappa shape index (κ3) is 2.25. The maximum Gasteiger partial charge on any atom is 0.336 e. The standard InChI is InChI=1S/C11H14O3/c1-2-3-5-8-9(11(13)14)6-4-7-10(8)12/h4,6-7,12H,2-3,5H2,1H3,(H,13,14). The van der Waals surface area contributed by atoms with Crippen LogP contribution in [0, 0.1) is 0 Å². The molecule has 0 aromatic heterocycles. The predicted octanol–water partition coefficient (Wildman–Crippen LogP) is 2.43. The zero-order valence-electron chi connectivity index (χ0n) is 8.16. The Morgan fingerprint density at radius 2 is 2.14 bits per heavy atom. The van der Waals surface area contributed by atoms with Crippen molar-refractivity contribution < 1.29 is 15.0 Å². The van der Waals surface area contributed by atoms with Crippen molar-refractivity contribution in [2.24, 2.45) is 0 Å². The summed E-state index contributed by atoms with van der Waals surface area (Å²) >= 11 is 0. The Bertz CT molecular complexity index is 331. The van der Waals surface area contributed by atoms with Crippen LogP contribution in [0.2, 0.25) is 0 Å². The molecule has 0 radical (unpaired) electrons. The van der Waals surface area contributed by atoms with Gasteiger partial charge in [-0.05, 0) is 25.0 Å². The van der Waals surface area contributed by atoms with E-state index in [1.165, 1.54) is 12.1 Å². The lowest BCUT2D eigenvalue weighted by molar-refractivity contribution is 0.0695. The molecule has 3 heteroatoms. The van der Waals surface area contributed by atoms with E-state index in [0.29, 0.717) is 12.0 Å². The molecule has 0 atom stereocenters. The van der Waals surface area contributed by atoms with E-state index in [1.54, 1.807) is 6.07 Å². The zero-order valence-corrected chi connectivity index (χ0v) is 8.16. The average molecular weight is 194 g/mol. The highest BCUT2D eigenvalue weighted by molar-refractivity contribution is 5.90. The van der Waals surface area contributed by atoms with Gasteiger partial charge in [-0.1, -0.05) is 19.4 Å². The molecule has 76 valence electrons. The largest absolute Gasteiger partial charge is 0.508 e. The number of hydrogen-bond donors (Lipinski definition) is 2. The fraction of sp³-hybridized carbons (Fsp3) is 0.364. The van der Waals surface area contributed by atoms with Gasteiger partial charge in [-0.3, -0.25) is 0 Å². The highest BCUT2D eigenvalue weighted by Crippen LogP contribution is 2.23. The normalized spacial score (nSPS) is 10.1. The third-order valence-corrected chi connectivity index (χ3v) is 2.16. The van der Waals surface area contributed by atoms with Crippen LogP contribution in [-0.2, 0) is 6.42 Å². The summed E-state index contributed by atoms with van der Waals surface area (Å²) in [6.07, 6.45) is 2.48. The Balaban J connectivity index is 3.02. The van der Waals surface area contributed by atoms with Crippen molar-refractivity contribution in [2.45, 2.75) is 26.2 Å². The fourth-order valence-corrected chi connectivity index (χ4v) is 1.39. The predicted molar refractivity (Wildman–Crippen MR) is 53.7 cm³/mol. The Morgan fingerprint density at radius 1 is 1.43 bits per heavy atom. The first-order valence-electron chi connectivity index (χ1n) is 4.71. The number of aromatic carboxylic acids is 1. The van der Waals surface area contributed by atoms with E-state index in [4.69, 9.17) is 5.11 Å². The van der Waals surface area contributed by atoms with Crippen molar-refractivity contribution >= 4 is 5.97 Å². The minimum atomic E-state index is -0.980. The van der Waals surface area contributed by atoms with Crippen LogP contribution in [-0.4, -0.2) is 16.2 Å². The number of aromatic hydroxyl groups is 1. The van der Waals surface area contributed by atoms with Gasteiger partial charge in [0.2, 0.25) is 0 Å². The first kappa shape index (κ1) is 10.6. The van der Waals surface area contributed by atoms with Crippen molar-refractivity contribution in [2.75, 3.05) is 0 Å². The number of carbonyl (C=O) groups is 1. The lowest BCUT2D eigenvalue weighted by Gasteiger charge is -2.07. The van der Waals surface area contributed by atoms with Crippen molar-refractivity contribution in [1.29, 1.82) is 0 Å². The Kier molecular flexibility index (Phi) is 3.51. The van der Waals surface area contributed by atoms with Gasteiger partial charge in [-0.15, -0.1) is 0 Å². The molecule has 0 unspecified atom stereocenters. The molecule has 1 aromatic carbocycles. The molecule has 1 aromatic rings. The molecule has 0 spiro atoms. The topological polar surface area (TPSA) is 57.5 Å². The van der Waals surface area contributed by atoms with Gasteiger partial charge in [-0.2, -0.15) is 0 Å². The van der Waals surface area contributed by atoms with Crippen LogP contribution in [0.15, 0.2) is 18.2 Å². The minimum absolute atomic E-state index is 0.0818. The summed E-state index contributed by atoms with van der Waals surface area (Å²) in [7, 11) is 0. The quantitative estimate of drug-likeness (QED) is 0.773. The molecule has 0 amide bonds. The molecule has 0 saturated heterocycles. The summed E-state index contributed by atoms with van der Waals surface area (Å²) in [4.78, 5) is 10.8. The van der Waals surface area contributed by atoms with Gasteiger partial charge < -0.3 is 10.2 Å². The number of hydrogen-bond acceptors (Lipinski definition) is 2. The van der Waals surface area contributed by atoms with E-state index >= 15 is 0 Å². The van der Waals surface area contributed by atoms with Crippen LogP contribution in [0.25, 0.3) is 0 Å². The van der Waals surface area contributed by atoms with Gasteiger partial charge in [0.15, 0.2) is 0 Å². The zero-order chi connectivity index (χ0) is 10.6. The fourth-order valence-electron chi connectivity index (χ4n) is 1.39. The maximum atomic E-state index is 10.8. The van der Waals surface area contributed by atoms with Crippen molar-refractivity contribution in [3.8, 4) is 5.75 Å². The van der Waals surface area contributed by atoms with Crippen LogP contribution in [0.5, 0.6) is 5.75 Å². The van der Waals surface area contributed by atoms with Gasteiger partial charge in [-0.25, -0.2) is 4.79 Å². The molecular weight excluding hydrogens is 180 g/mol. The number of phenols is 1. The lowest BCUT2D eigenvalue weighted by atomic mass is 10.0. The van der Waals surface area contributed by atoms with E-state index in [2.05, 4.69) is 0 Å². The number of unbranched alkanes of at least 4 members (excludes halogenated alkanes) is 1. The maximum absolute atomic E-state index is 10.8. The van der Waals surface area contributed by atoms with E-state index < -0.39 is 5.97 Å². The Morgan fingerprint density at radius 3 is 2.71 bits per heavy atom. The average Bonchev–Trinajstić information content (AvgIpc) is 2.15. The molecule has 0 aliphatic rings. The minimum Gasteiger partial charge on any atom is -0.508 e. The van der Waals surface area contributed by atoms with E-state index in [-0.39, 0.29) is 11.3 Å². The molecule has 3 nitrogen and oxygen atoms in total. The molecule has 14 heavy (non-hydrogen) atoms. The van der Waals surface area contributed by atoms with Gasteiger partial charge in [0.25, 0.3) is 0 Å². The van der Waals surface area contributed by atoms with Gasteiger partial charge in [0.1, 0.15) is 5.75 Å². The summed E-state index contributed by atoms with van der Waals surface area (Å²) in [5.74, 6) is -0.898. The Labute approximate surface area is 83.0 Å². The van der Waals surface area contributed by atoms with Crippen LogP contribution >= 0.6 is 0 Å². The third-order valence-electron chi connectivity index (χ3n) is 2.16. The van der Waals surface area contributed by atoms with Crippen LogP contribution in [0.1, 0.15) is 35.7 Å². The molecule has 1 rings (SSSR count). The molecule has 0 bridgehead atoms. The van der Waals surface area contributed by atoms with Gasteiger partial charge in [0, 0.05) is 5.56 Å². The molecule has 0 aliphatic carbocycles. The molecular formula is C11H14O3. The summed E-state index contributed by atoms with van der Waals surface area (Å²) in [6, 6.07) is 4.60. The summed E-state index contributed by atoms with van der Waals surface area (Å²) < 4.78 is 0. The van der Waals surface area contributed by atoms with E-state index in [9.17, 15) is 9.90 Å². The second-order valence-corrected chi connectivity index (χ2v) is 3.21. The number of carboxylic acids is 1. The second kappa shape index (κ2) is 4.65. The first-order chi connectivity index (χ1) is 6.66. The molecule has 2 N–H and O–H groups in total. The van der Waals surface area contributed by atoms with Crippen molar-refractivity contribution in [3.63, 3.8) is 0 Å². The monoisotopic (exact) mass is 194 g/mol. The number of benzene rings is 1. The van der Waals surface area contributed by atoms with Gasteiger partial charge >= 0.3 is 5.97 Å². The van der Waals surface area contributed by atoms with Crippen LogP contribution in [0.3, 0.4) is 0 Å². The van der Waals surface area contributed by atoms with Gasteiger partial charge in [0.05, 0.1) is 5.56 Å². The van der Waals surface area contributed by atoms with Crippen molar-refractivity contribution in [3.05, 3.63) is 29.3 Å². The van der Waals surface area contributed by atoms with E-state index in [0.717, 1.165) is 12.8 Å². The molecule has 0 aliphatic heterocycles. The molecule has 0 fully saturated rings. The molecule has 0 heterocycles. The summed E-state index contributed by atoms with van der Waals surface area (Å²) in [5, 5.41) is 18.4. The lowest BCUT2D eigenvalue weighted by Crippen LogP contribution is -2.02. The highest BCUT2D eigenvalue weighted by atomic mass is 16.4. The Hall–Kier alpha value is -1.51. The smallest absolute Gasteiger partial charge is 0.336 e. The van der Waals surface area contributed by atoms with Crippen LogP contribution < -0.4 is 0 Å². The van der Waals surface area contributed by atoms with Crippen molar-refractivity contribution in [1.82, 2.24) is 0 Å². The highest BCUT2D eigenvalue weighted by Gasteiger charge is 2.12.